The van der Waals surface area contributed by atoms with Gasteiger partial charge in [-0.1, -0.05) is 19.8 Å². The van der Waals surface area contributed by atoms with Crippen LogP contribution < -0.4 is 11.1 Å². The van der Waals surface area contributed by atoms with Crippen molar-refractivity contribution >= 4 is 22.5 Å². The molecule has 1 aliphatic heterocycles. The van der Waals surface area contributed by atoms with Gasteiger partial charge in [0.05, 0.1) is 24.4 Å². The van der Waals surface area contributed by atoms with E-state index in [2.05, 4.69) is 22.2 Å². The maximum absolute atomic E-state index is 6.06. The lowest BCUT2D eigenvalue weighted by Crippen LogP contribution is -2.23. The van der Waals surface area contributed by atoms with Gasteiger partial charge >= 0.3 is 0 Å². The number of rotatable bonds is 3. The van der Waals surface area contributed by atoms with Crippen molar-refractivity contribution in [1.29, 1.82) is 0 Å². The maximum Gasteiger partial charge on any atom is 0.131 e. The fourth-order valence-corrected chi connectivity index (χ4v) is 2.60. The fraction of sp³-hybridized carbons (Fsp3) is 0.467. The van der Waals surface area contributed by atoms with E-state index in [-0.39, 0.29) is 0 Å². The maximum atomic E-state index is 6.06. The quantitative estimate of drug-likeness (QED) is 0.898. The van der Waals surface area contributed by atoms with Gasteiger partial charge < -0.3 is 15.8 Å². The van der Waals surface area contributed by atoms with Crippen molar-refractivity contribution in [1.82, 2.24) is 9.97 Å². The second-order valence-corrected chi connectivity index (χ2v) is 5.22. The van der Waals surface area contributed by atoms with Gasteiger partial charge in [-0.25, -0.2) is 4.98 Å². The van der Waals surface area contributed by atoms with Gasteiger partial charge in [0.2, 0.25) is 0 Å². The molecule has 0 bridgehead atoms. The molecular formula is C15H20N4O. The number of unbranched alkanes of at least 4 members (excludes halogenated alkanes) is 1. The lowest BCUT2D eigenvalue weighted by atomic mass is 10.1. The average Bonchev–Trinajstić information content (AvgIpc) is 2.68. The summed E-state index contributed by atoms with van der Waals surface area (Å²) in [5, 5.41) is 3.57. The molecule has 3 rings (SSSR count). The molecule has 20 heavy (non-hydrogen) atoms. The zero-order valence-corrected chi connectivity index (χ0v) is 11.7. The van der Waals surface area contributed by atoms with E-state index in [1.165, 1.54) is 12.8 Å². The molecule has 5 heteroatoms. The first-order chi connectivity index (χ1) is 9.79. The number of ether oxygens (including phenoxy) is 1. The van der Waals surface area contributed by atoms with Crippen LogP contribution in [0.3, 0.4) is 0 Å². The Labute approximate surface area is 118 Å². The molecule has 0 radical (unpaired) electrons. The molecule has 106 valence electrons. The number of hydrogen-bond donors (Lipinski definition) is 2. The molecule has 0 aliphatic carbocycles. The minimum Gasteiger partial charge on any atom is -0.383 e. The molecule has 0 unspecified atom stereocenters. The Balaban J connectivity index is 2.04. The Kier molecular flexibility index (Phi) is 3.69. The first-order valence-corrected chi connectivity index (χ1v) is 7.17. The number of nitrogens with zero attached hydrogens (tertiary/aromatic N) is 2. The highest BCUT2D eigenvalue weighted by molar-refractivity contribution is 5.92. The molecule has 0 spiro atoms. The van der Waals surface area contributed by atoms with Crippen LogP contribution in [0.1, 0.15) is 31.7 Å². The smallest absolute Gasteiger partial charge is 0.131 e. The summed E-state index contributed by atoms with van der Waals surface area (Å²) in [6, 6.07) is 4.12. The Bertz CT molecular complexity index is 614. The van der Waals surface area contributed by atoms with Crippen molar-refractivity contribution in [2.75, 3.05) is 17.7 Å². The standard InChI is InChI=1S/C15H20N4O/c1-2-3-5-10-8-20-9-11-13(18-10)14-12(19-15(11)16)6-4-7-17-14/h4,6-7,10,18H,2-3,5,8-9H2,1H3,(H2,16,19)/t10-/m1/s1. The van der Waals surface area contributed by atoms with Crippen molar-refractivity contribution in [2.45, 2.75) is 38.8 Å². The number of nitrogens with one attached hydrogen (secondary N) is 1. The third-order valence-corrected chi connectivity index (χ3v) is 3.70. The van der Waals surface area contributed by atoms with Crippen LogP contribution in [-0.4, -0.2) is 22.6 Å². The molecule has 2 aromatic rings. The summed E-state index contributed by atoms with van der Waals surface area (Å²) in [7, 11) is 0. The van der Waals surface area contributed by atoms with Crippen LogP contribution in [0.4, 0.5) is 11.5 Å². The first kappa shape index (κ1) is 13.1. The second kappa shape index (κ2) is 5.63. The molecule has 3 N–H and O–H groups in total. The third-order valence-electron chi connectivity index (χ3n) is 3.70. The number of hydrogen-bond acceptors (Lipinski definition) is 5. The lowest BCUT2D eigenvalue weighted by Gasteiger charge is -2.18. The molecule has 1 aliphatic rings. The van der Waals surface area contributed by atoms with E-state index in [4.69, 9.17) is 10.5 Å². The number of anilines is 2. The largest absolute Gasteiger partial charge is 0.383 e. The highest BCUT2D eigenvalue weighted by Gasteiger charge is 2.21. The van der Waals surface area contributed by atoms with Crippen molar-refractivity contribution < 1.29 is 4.74 Å². The predicted octanol–water partition coefficient (Wildman–Crippen LogP) is 2.71. The van der Waals surface area contributed by atoms with E-state index in [1.54, 1.807) is 6.20 Å². The van der Waals surface area contributed by atoms with E-state index in [0.29, 0.717) is 25.1 Å². The monoisotopic (exact) mass is 272 g/mol. The van der Waals surface area contributed by atoms with E-state index < -0.39 is 0 Å². The van der Waals surface area contributed by atoms with Crippen molar-refractivity contribution in [3.05, 3.63) is 23.9 Å². The molecule has 5 nitrogen and oxygen atoms in total. The number of pyridine rings is 2. The van der Waals surface area contributed by atoms with Gasteiger partial charge in [0.15, 0.2) is 0 Å². The molecule has 0 saturated carbocycles. The predicted molar refractivity (Wildman–Crippen MR) is 80.5 cm³/mol. The van der Waals surface area contributed by atoms with E-state index in [0.717, 1.165) is 28.7 Å². The van der Waals surface area contributed by atoms with Crippen LogP contribution in [-0.2, 0) is 11.3 Å². The average molecular weight is 272 g/mol. The summed E-state index contributed by atoms with van der Waals surface area (Å²) in [6.07, 6.45) is 5.24. The lowest BCUT2D eigenvalue weighted by molar-refractivity contribution is 0.115. The number of fused-ring (bicyclic) bond motifs is 3. The molecular weight excluding hydrogens is 252 g/mol. The number of nitrogen functional groups attached to an aromatic ring is 1. The molecule has 0 saturated heterocycles. The highest BCUT2D eigenvalue weighted by atomic mass is 16.5. The van der Waals surface area contributed by atoms with E-state index >= 15 is 0 Å². The van der Waals surface area contributed by atoms with Gasteiger partial charge in [0.25, 0.3) is 0 Å². The molecule has 0 aromatic carbocycles. The topological polar surface area (TPSA) is 73.1 Å². The third kappa shape index (κ3) is 2.41. The summed E-state index contributed by atoms with van der Waals surface area (Å²) < 4.78 is 5.75. The van der Waals surface area contributed by atoms with Crippen LogP contribution in [0.2, 0.25) is 0 Å². The molecule has 2 aromatic heterocycles. The number of aromatic nitrogens is 2. The van der Waals surface area contributed by atoms with Gasteiger partial charge in [-0.3, -0.25) is 4.98 Å². The van der Waals surface area contributed by atoms with Crippen molar-refractivity contribution in [3.63, 3.8) is 0 Å². The van der Waals surface area contributed by atoms with Gasteiger partial charge in [-0.2, -0.15) is 0 Å². The Morgan fingerprint density at radius 2 is 2.40 bits per heavy atom. The minimum atomic E-state index is 0.309. The van der Waals surface area contributed by atoms with Crippen LogP contribution in [0.25, 0.3) is 11.0 Å². The highest BCUT2D eigenvalue weighted by Crippen LogP contribution is 2.32. The summed E-state index contributed by atoms with van der Waals surface area (Å²) >= 11 is 0. The van der Waals surface area contributed by atoms with Gasteiger partial charge in [-0.05, 0) is 18.6 Å². The van der Waals surface area contributed by atoms with Crippen LogP contribution in [0.5, 0.6) is 0 Å². The van der Waals surface area contributed by atoms with Crippen LogP contribution in [0.15, 0.2) is 18.3 Å². The molecule has 0 fully saturated rings. The Hall–Kier alpha value is -1.88. The SMILES string of the molecule is CCCC[C@@H]1COCc2c(N)nc3cccnc3c2N1. The summed E-state index contributed by atoms with van der Waals surface area (Å²) in [4.78, 5) is 8.87. The first-order valence-electron chi connectivity index (χ1n) is 7.17. The molecule has 1 atom stereocenters. The minimum absolute atomic E-state index is 0.309. The normalized spacial score (nSPS) is 18.4. The van der Waals surface area contributed by atoms with Crippen LogP contribution >= 0.6 is 0 Å². The molecule has 0 amide bonds. The summed E-state index contributed by atoms with van der Waals surface area (Å²) in [5.74, 6) is 0.532. The van der Waals surface area contributed by atoms with Gasteiger partial charge in [-0.15, -0.1) is 0 Å². The zero-order chi connectivity index (χ0) is 13.9. The summed E-state index contributed by atoms with van der Waals surface area (Å²) in [5.41, 5.74) is 9.69. The van der Waals surface area contributed by atoms with E-state index in [9.17, 15) is 0 Å². The number of nitrogens with two attached hydrogens (primary N) is 1. The molecule has 3 heterocycles. The van der Waals surface area contributed by atoms with Crippen molar-refractivity contribution in [3.8, 4) is 0 Å². The Morgan fingerprint density at radius 1 is 1.50 bits per heavy atom. The van der Waals surface area contributed by atoms with Crippen molar-refractivity contribution in [2.24, 2.45) is 0 Å². The van der Waals surface area contributed by atoms with Crippen LogP contribution in [0, 0.1) is 0 Å². The van der Waals surface area contributed by atoms with Gasteiger partial charge in [0, 0.05) is 17.8 Å². The van der Waals surface area contributed by atoms with E-state index in [1.807, 2.05) is 12.1 Å². The summed E-state index contributed by atoms with van der Waals surface area (Å²) in [6.45, 7) is 3.39. The second-order valence-electron chi connectivity index (χ2n) is 5.22. The van der Waals surface area contributed by atoms with Gasteiger partial charge in [0.1, 0.15) is 11.3 Å². The Morgan fingerprint density at radius 3 is 3.25 bits per heavy atom. The zero-order valence-electron chi connectivity index (χ0n) is 11.7. The fourth-order valence-electron chi connectivity index (χ4n) is 2.60.